The molecule has 1 N–H and O–H groups in total. The molecule has 0 saturated carbocycles. The second-order valence-electron chi connectivity index (χ2n) is 5.28. The van der Waals surface area contributed by atoms with Crippen LogP contribution in [-0.2, 0) is 6.54 Å². The number of nitrogens with zero attached hydrogens (tertiary/aromatic N) is 4. The molecule has 7 heteroatoms. The summed E-state index contributed by atoms with van der Waals surface area (Å²) in [6.45, 7) is 3.38. The van der Waals surface area contributed by atoms with Gasteiger partial charge in [-0.1, -0.05) is 0 Å². The lowest BCUT2D eigenvalue weighted by Gasteiger charge is -2.35. The number of hydrogen-bond acceptors (Lipinski definition) is 5. The number of carbonyl (C=O) groups is 1. The number of nitriles is 1. The first-order chi connectivity index (χ1) is 11.3. The first-order valence-electron chi connectivity index (χ1n) is 7.41. The van der Waals surface area contributed by atoms with Crippen LogP contribution in [0.3, 0.4) is 0 Å². The number of carbonyl (C=O) groups excluding carboxylic acids is 1. The zero-order chi connectivity index (χ0) is 16.1. The zero-order valence-electron chi connectivity index (χ0n) is 12.6. The SMILES string of the molecule is N#Cc1ccc(N2CCN(C(=O)NCc3ccsc3)CC2)nc1. The summed E-state index contributed by atoms with van der Waals surface area (Å²) in [6.07, 6.45) is 1.58. The number of amides is 2. The van der Waals surface area contributed by atoms with Crippen molar-refractivity contribution in [3.8, 4) is 6.07 Å². The van der Waals surface area contributed by atoms with Crippen LogP contribution in [0, 0.1) is 11.3 Å². The standard InChI is InChI=1S/C16H17N5OS/c17-9-13-1-2-15(18-10-13)20-4-6-21(7-5-20)16(22)19-11-14-3-8-23-12-14/h1-3,8,10,12H,4-7,11H2,(H,19,22). The van der Waals surface area contributed by atoms with Crippen molar-refractivity contribution in [1.29, 1.82) is 5.26 Å². The summed E-state index contributed by atoms with van der Waals surface area (Å²) in [7, 11) is 0. The van der Waals surface area contributed by atoms with E-state index in [0.29, 0.717) is 25.2 Å². The summed E-state index contributed by atoms with van der Waals surface area (Å²) in [6, 6.07) is 7.67. The van der Waals surface area contributed by atoms with E-state index in [2.05, 4.69) is 21.3 Å². The highest BCUT2D eigenvalue weighted by Gasteiger charge is 2.21. The molecule has 2 amide bonds. The van der Waals surface area contributed by atoms with Crippen molar-refractivity contribution in [1.82, 2.24) is 15.2 Å². The average Bonchev–Trinajstić information content (AvgIpc) is 3.13. The number of aromatic nitrogens is 1. The van der Waals surface area contributed by atoms with Crippen LogP contribution in [0.1, 0.15) is 11.1 Å². The van der Waals surface area contributed by atoms with Gasteiger partial charge >= 0.3 is 6.03 Å². The molecule has 3 rings (SSSR count). The molecule has 1 aliphatic rings. The van der Waals surface area contributed by atoms with Gasteiger partial charge in [0.1, 0.15) is 11.9 Å². The first kappa shape index (κ1) is 15.3. The van der Waals surface area contributed by atoms with Gasteiger partial charge in [0.05, 0.1) is 5.56 Å². The Balaban J connectivity index is 1.49. The highest BCUT2D eigenvalue weighted by molar-refractivity contribution is 7.07. The van der Waals surface area contributed by atoms with E-state index in [1.54, 1.807) is 23.6 Å². The Bertz CT molecular complexity index is 684. The van der Waals surface area contributed by atoms with E-state index in [1.807, 2.05) is 27.8 Å². The Morgan fingerprint density at radius 3 is 2.74 bits per heavy atom. The monoisotopic (exact) mass is 327 g/mol. The van der Waals surface area contributed by atoms with E-state index in [-0.39, 0.29) is 6.03 Å². The third-order valence-electron chi connectivity index (χ3n) is 3.79. The van der Waals surface area contributed by atoms with Crippen molar-refractivity contribution in [2.45, 2.75) is 6.54 Å². The molecule has 0 aliphatic carbocycles. The van der Waals surface area contributed by atoms with Crippen LogP contribution in [0.4, 0.5) is 10.6 Å². The smallest absolute Gasteiger partial charge is 0.317 e. The van der Waals surface area contributed by atoms with E-state index in [4.69, 9.17) is 5.26 Å². The number of nitrogens with one attached hydrogen (secondary N) is 1. The predicted octanol–water partition coefficient (Wildman–Crippen LogP) is 2.05. The summed E-state index contributed by atoms with van der Waals surface area (Å²) in [5.74, 6) is 0.849. The molecule has 6 nitrogen and oxygen atoms in total. The van der Waals surface area contributed by atoms with Crippen LogP contribution in [0.5, 0.6) is 0 Å². The van der Waals surface area contributed by atoms with Crippen LogP contribution >= 0.6 is 11.3 Å². The third-order valence-corrected chi connectivity index (χ3v) is 4.52. The van der Waals surface area contributed by atoms with Gasteiger partial charge in [0.2, 0.25) is 0 Å². The summed E-state index contributed by atoms with van der Waals surface area (Å²) in [5, 5.41) is 15.8. The van der Waals surface area contributed by atoms with Crippen molar-refractivity contribution in [2.75, 3.05) is 31.1 Å². The molecule has 0 radical (unpaired) electrons. The van der Waals surface area contributed by atoms with Gasteiger partial charge < -0.3 is 15.1 Å². The number of urea groups is 1. The second kappa shape index (κ2) is 7.11. The quantitative estimate of drug-likeness (QED) is 0.936. The third kappa shape index (κ3) is 3.79. The average molecular weight is 327 g/mol. The fraction of sp³-hybridized carbons (Fsp3) is 0.312. The summed E-state index contributed by atoms with van der Waals surface area (Å²) >= 11 is 1.63. The number of piperazine rings is 1. The molecule has 2 aromatic heterocycles. The Morgan fingerprint density at radius 2 is 2.13 bits per heavy atom. The summed E-state index contributed by atoms with van der Waals surface area (Å²) in [4.78, 5) is 20.4. The van der Waals surface area contributed by atoms with Gasteiger partial charge in [-0.25, -0.2) is 9.78 Å². The fourth-order valence-electron chi connectivity index (χ4n) is 2.46. The highest BCUT2D eigenvalue weighted by atomic mass is 32.1. The zero-order valence-corrected chi connectivity index (χ0v) is 13.4. The molecule has 0 aromatic carbocycles. The van der Waals surface area contributed by atoms with Crippen molar-refractivity contribution in [2.24, 2.45) is 0 Å². The van der Waals surface area contributed by atoms with E-state index < -0.39 is 0 Å². The topological polar surface area (TPSA) is 72.3 Å². The van der Waals surface area contributed by atoms with Gasteiger partial charge in [0, 0.05) is 38.9 Å². The largest absolute Gasteiger partial charge is 0.353 e. The minimum Gasteiger partial charge on any atom is -0.353 e. The lowest BCUT2D eigenvalue weighted by molar-refractivity contribution is 0.194. The van der Waals surface area contributed by atoms with E-state index in [1.165, 1.54) is 0 Å². The maximum Gasteiger partial charge on any atom is 0.317 e. The minimum absolute atomic E-state index is 0.0244. The molecular weight excluding hydrogens is 310 g/mol. The van der Waals surface area contributed by atoms with Crippen LogP contribution in [0.15, 0.2) is 35.2 Å². The van der Waals surface area contributed by atoms with E-state index in [9.17, 15) is 4.79 Å². The van der Waals surface area contributed by atoms with E-state index >= 15 is 0 Å². The molecule has 1 fully saturated rings. The normalized spacial score (nSPS) is 14.4. The Hall–Kier alpha value is -2.59. The van der Waals surface area contributed by atoms with Crippen LogP contribution < -0.4 is 10.2 Å². The molecule has 23 heavy (non-hydrogen) atoms. The van der Waals surface area contributed by atoms with Crippen molar-refractivity contribution >= 4 is 23.2 Å². The molecular formula is C16H17N5OS. The maximum absolute atomic E-state index is 12.2. The lowest BCUT2D eigenvalue weighted by atomic mass is 10.2. The number of rotatable bonds is 3. The van der Waals surface area contributed by atoms with Crippen LogP contribution in [0.2, 0.25) is 0 Å². The Morgan fingerprint density at radius 1 is 1.30 bits per heavy atom. The van der Waals surface area contributed by atoms with Crippen molar-refractivity contribution < 1.29 is 4.79 Å². The molecule has 1 saturated heterocycles. The first-order valence-corrected chi connectivity index (χ1v) is 8.35. The lowest BCUT2D eigenvalue weighted by Crippen LogP contribution is -2.51. The fourth-order valence-corrected chi connectivity index (χ4v) is 3.13. The van der Waals surface area contributed by atoms with Crippen LogP contribution in [-0.4, -0.2) is 42.1 Å². The van der Waals surface area contributed by atoms with Crippen molar-refractivity contribution in [3.63, 3.8) is 0 Å². The Labute approximate surface area is 139 Å². The molecule has 1 aliphatic heterocycles. The molecule has 0 spiro atoms. The van der Waals surface area contributed by atoms with Crippen molar-refractivity contribution in [3.05, 3.63) is 46.3 Å². The van der Waals surface area contributed by atoms with Gasteiger partial charge in [0.15, 0.2) is 0 Å². The number of thiophene rings is 1. The number of anilines is 1. The number of pyridine rings is 1. The van der Waals surface area contributed by atoms with Gasteiger partial charge in [-0.15, -0.1) is 0 Å². The van der Waals surface area contributed by atoms with E-state index in [0.717, 1.165) is 24.5 Å². The van der Waals surface area contributed by atoms with Gasteiger partial charge in [-0.2, -0.15) is 16.6 Å². The number of hydrogen-bond donors (Lipinski definition) is 1. The molecule has 0 unspecified atom stereocenters. The second-order valence-corrected chi connectivity index (χ2v) is 6.06. The van der Waals surface area contributed by atoms with Gasteiger partial charge in [-0.3, -0.25) is 0 Å². The van der Waals surface area contributed by atoms with Gasteiger partial charge in [0.25, 0.3) is 0 Å². The van der Waals surface area contributed by atoms with Gasteiger partial charge in [-0.05, 0) is 34.5 Å². The molecule has 3 heterocycles. The molecule has 118 valence electrons. The maximum atomic E-state index is 12.2. The summed E-state index contributed by atoms with van der Waals surface area (Å²) < 4.78 is 0. The molecule has 0 atom stereocenters. The predicted molar refractivity (Wildman–Crippen MR) is 89.3 cm³/mol. The Kier molecular flexibility index (Phi) is 4.74. The molecule has 2 aromatic rings. The minimum atomic E-state index is -0.0244. The summed E-state index contributed by atoms with van der Waals surface area (Å²) in [5.41, 5.74) is 1.68. The highest BCUT2D eigenvalue weighted by Crippen LogP contribution is 2.14. The van der Waals surface area contributed by atoms with Crippen LogP contribution in [0.25, 0.3) is 0 Å². The molecule has 0 bridgehead atoms.